The molecular formula is C12H18O3. The molecule has 0 bridgehead atoms. The predicted octanol–water partition coefficient (Wildman–Crippen LogP) is 2.95. The maximum atomic E-state index is 10.0. The van der Waals surface area contributed by atoms with Crippen LogP contribution in [0.2, 0.25) is 0 Å². The molecular weight excluding hydrogens is 192 g/mol. The highest BCUT2D eigenvalue weighted by Crippen LogP contribution is 2.07. The fraction of sp³-hybridized carbons (Fsp3) is 0.417. The molecule has 3 heteroatoms. The van der Waals surface area contributed by atoms with Crippen molar-refractivity contribution >= 4 is 6.47 Å². The molecule has 0 saturated heterocycles. The zero-order valence-electron chi connectivity index (χ0n) is 9.58. The summed E-state index contributed by atoms with van der Waals surface area (Å²) in [5.41, 5.74) is 1.23. The highest BCUT2D eigenvalue weighted by atomic mass is 16.5. The van der Waals surface area contributed by atoms with Gasteiger partial charge in [-0.05, 0) is 26.3 Å². The molecule has 0 aromatic rings. The molecule has 0 aliphatic rings. The molecule has 0 aliphatic carbocycles. The maximum absolute atomic E-state index is 10.0. The van der Waals surface area contributed by atoms with Gasteiger partial charge in [-0.15, -0.1) is 0 Å². The van der Waals surface area contributed by atoms with Gasteiger partial charge in [-0.3, -0.25) is 4.79 Å². The second-order valence-corrected chi connectivity index (χ2v) is 3.21. The smallest absolute Gasteiger partial charge is 0.293 e. The van der Waals surface area contributed by atoms with E-state index in [0.29, 0.717) is 18.0 Å². The van der Waals surface area contributed by atoms with Gasteiger partial charge in [0, 0.05) is 0 Å². The Morgan fingerprint density at radius 3 is 2.47 bits per heavy atom. The molecule has 0 rings (SSSR count). The first kappa shape index (κ1) is 13.5. The van der Waals surface area contributed by atoms with E-state index in [1.165, 1.54) is 5.57 Å². The lowest BCUT2D eigenvalue weighted by Crippen LogP contribution is -1.99. The Morgan fingerprint density at radius 2 is 2.00 bits per heavy atom. The summed E-state index contributed by atoms with van der Waals surface area (Å²) in [7, 11) is 0. The van der Waals surface area contributed by atoms with Gasteiger partial charge in [0.15, 0.2) is 0 Å². The molecule has 0 N–H and O–H groups in total. The van der Waals surface area contributed by atoms with Crippen LogP contribution in [-0.2, 0) is 14.3 Å². The molecule has 3 nitrogen and oxygen atoms in total. The summed E-state index contributed by atoms with van der Waals surface area (Å²) in [5.74, 6) is 1.14. The summed E-state index contributed by atoms with van der Waals surface area (Å²) in [6, 6.07) is 0. The summed E-state index contributed by atoms with van der Waals surface area (Å²) >= 11 is 0. The number of carbonyl (C=O) groups is 1. The molecule has 84 valence electrons. The Labute approximate surface area is 91.1 Å². The minimum absolute atomic E-state index is 0.129. The van der Waals surface area contributed by atoms with Crippen molar-refractivity contribution in [3.63, 3.8) is 0 Å². The minimum atomic E-state index is 0.129. The first-order valence-corrected chi connectivity index (χ1v) is 4.85. The number of rotatable bonds is 7. The zero-order chi connectivity index (χ0) is 11.7. The maximum Gasteiger partial charge on any atom is 0.293 e. The van der Waals surface area contributed by atoms with Crippen LogP contribution in [0.15, 0.2) is 35.8 Å². The molecule has 0 aromatic carbocycles. The Balaban J connectivity index is 4.45. The van der Waals surface area contributed by atoms with E-state index in [4.69, 9.17) is 4.74 Å². The molecule has 0 saturated carbocycles. The lowest BCUT2D eigenvalue weighted by molar-refractivity contribution is -0.128. The molecule has 0 atom stereocenters. The van der Waals surface area contributed by atoms with E-state index in [-0.39, 0.29) is 6.61 Å². The van der Waals surface area contributed by atoms with Crippen molar-refractivity contribution in [1.29, 1.82) is 0 Å². The summed E-state index contributed by atoms with van der Waals surface area (Å²) in [6.07, 6.45) is 4.70. The lowest BCUT2D eigenvalue weighted by Gasteiger charge is -2.07. The number of hydrogen-bond donors (Lipinski definition) is 0. The summed E-state index contributed by atoms with van der Waals surface area (Å²) in [4.78, 5) is 10.0. The molecule has 15 heavy (non-hydrogen) atoms. The van der Waals surface area contributed by atoms with Crippen LogP contribution >= 0.6 is 0 Å². The van der Waals surface area contributed by atoms with E-state index < -0.39 is 0 Å². The number of carbonyl (C=O) groups excluding carboxylic acids is 1. The fourth-order valence-electron chi connectivity index (χ4n) is 0.805. The largest absolute Gasteiger partial charge is 0.463 e. The van der Waals surface area contributed by atoms with Crippen LogP contribution in [0.25, 0.3) is 0 Å². The zero-order valence-corrected chi connectivity index (χ0v) is 9.58. The standard InChI is InChI=1S/C12H18O3/c1-5-11(4)6-7-12(8-14-9-13)15-10(2)3/h6-7,9H,2,5,8H2,1,3-4H3/b11-6-,12-7+. The van der Waals surface area contributed by atoms with E-state index in [1.54, 1.807) is 13.0 Å². The third kappa shape index (κ3) is 7.55. The fourth-order valence-corrected chi connectivity index (χ4v) is 0.805. The monoisotopic (exact) mass is 210 g/mol. The van der Waals surface area contributed by atoms with Crippen molar-refractivity contribution in [2.24, 2.45) is 0 Å². The molecule has 0 fully saturated rings. The average molecular weight is 210 g/mol. The molecule has 0 radical (unpaired) electrons. The van der Waals surface area contributed by atoms with Gasteiger partial charge in [-0.25, -0.2) is 0 Å². The number of hydrogen-bond acceptors (Lipinski definition) is 3. The lowest BCUT2D eigenvalue weighted by atomic mass is 10.2. The second kappa shape index (κ2) is 7.85. The molecule has 0 amide bonds. The van der Waals surface area contributed by atoms with Crippen molar-refractivity contribution in [1.82, 2.24) is 0 Å². The van der Waals surface area contributed by atoms with Crippen molar-refractivity contribution in [3.8, 4) is 0 Å². The molecule has 0 aliphatic heterocycles. The van der Waals surface area contributed by atoms with E-state index in [2.05, 4.69) is 18.2 Å². The van der Waals surface area contributed by atoms with Crippen molar-refractivity contribution < 1.29 is 14.3 Å². The summed E-state index contributed by atoms with van der Waals surface area (Å²) < 4.78 is 9.90. The Morgan fingerprint density at radius 1 is 1.33 bits per heavy atom. The van der Waals surface area contributed by atoms with Crippen molar-refractivity contribution in [3.05, 3.63) is 35.8 Å². The van der Waals surface area contributed by atoms with Crippen molar-refractivity contribution in [2.45, 2.75) is 27.2 Å². The van der Waals surface area contributed by atoms with Gasteiger partial charge in [-0.2, -0.15) is 0 Å². The Kier molecular flexibility index (Phi) is 7.06. The van der Waals surface area contributed by atoms with Crippen LogP contribution in [-0.4, -0.2) is 13.1 Å². The highest BCUT2D eigenvalue weighted by molar-refractivity contribution is 5.37. The van der Waals surface area contributed by atoms with Gasteiger partial charge in [0.1, 0.15) is 12.4 Å². The quantitative estimate of drug-likeness (QED) is 0.368. The number of allylic oxidation sites excluding steroid dienone is 4. The van der Waals surface area contributed by atoms with Gasteiger partial charge in [0.05, 0.1) is 5.76 Å². The summed E-state index contributed by atoms with van der Waals surface area (Å²) in [5, 5.41) is 0. The molecule has 0 aromatic heterocycles. The van der Waals surface area contributed by atoms with Gasteiger partial charge >= 0.3 is 0 Å². The van der Waals surface area contributed by atoms with Crippen LogP contribution in [0, 0.1) is 0 Å². The highest BCUT2D eigenvalue weighted by Gasteiger charge is 1.98. The average Bonchev–Trinajstić information content (AvgIpc) is 2.20. The predicted molar refractivity (Wildman–Crippen MR) is 60.0 cm³/mol. The Hall–Kier alpha value is -1.51. The van der Waals surface area contributed by atoms with Gasteiger partial charge < -0.3 is 9.47 Å². The van der Waals surface area contributed by atoms with E-state index in [1.807, 2.05) is 13.0 Å². The van der Waals surface area contributed by atoms with E-state index in [0.717, 1.165) is 6.42 Å². The molecule has 0 spiro atoms. The van der Waals surface area contributed by atoms with Crippen LogP contribution in [0.3, 0.4) is 0 Å². The molecule has 0 unspecified atom stereocenters. The van der Waals surface area contributed by atoms with Crippen LogP contribution in [0.1, 0.15) is 27.2 Å². The third-order valence-corrected chi connectivity index (χ3v) is 1.71. The normalized spacial score (nSPS) is 12.2. The second-order valence-electron chi connectivity index (χ2n) is 3.21. The SMILES string of the molecule is C=C(C)O/C(=C/C=C(/C)CC)COC=O. The van der Waals surface area contributed by atoms with E-state index >= 15 is 0 Å². The van der Waals surface area contributed by atoms with Gasteiger partial charge in [-0.1, -0.05) is 25.2 Å². The van der Waals surface area contributed by atoms with E-state index in [9.17, 15) is 4.79 Å². The van der Waals surface area contributed by atoms with Crippen LogP contribution < -0.4 is 0 Å². The minimum Gasteiger partial charge on any atom is -0.463 e. The first-order valence-electron chi connectivity index (χ1n) is 4.85. The van der Waals surface area contributed by atoms with Gasteiger partial charge in [0.25, 0.3) is 6.47 Å². The Bertz CT molecular complexity index is 275. The first-order chi connectivity index (χ1) is 7.10. The van der Waals surface area contributed by atoms with Gasteiger partial charge in [0.2, 0.25) is 0 Å². The number of ether oxygens (including phenoxy) is 2. The molecule has 0 heterocycles. The van der Waals surface area contributed by atoms with Crippen molar-refractivity contribution in [2.75, 3.05) is 6.61 Å². The van der Waals surface area contributed by atoms with Crippen LogP contribution in [0.5, 0.6) is 0 Å². The summed E-state index contributed by atoms with van der Waals surface area (Å²) in [6.45, 7) is 9.98. The topological polar surface area (TPSA) is 35.5 Å². The van der Waals surface area contributed by atoms with Crippen LogP contribution in [0.4, 0.5) is 0 Å². The third-order valence-electron chi connectivity index (χ3n) is 1.71.